The fourth-order valence-corrected chi connectivity index (χ4v) is 4.25. The molecular weight excluding hydrogens is 284 g/mol. The van der Waals surface area contributed by atoms with Crippen molar-refractivity contribution in [2.45, 2.75) is 50.4 Å². The molecule has 2 saturated heterocycles. The number of piperidine rings is 1. The fraction of sp³-hybridized carbons (Fsp3) is 0.688. The Morgan fingerprint density at radius 3 is 3.10 bits per heavy atom. The summed E-state index contributed by atoms with van der Waals surface area (Å²) in [5.74, 6) is 0.324. The quantitative estimate of drug-likeness (QED) is 0.925. The second kappa shape index (κ2) is 5.71. The van der Waals surface area contributed by atoms with Crippen LogP contribution in [0.3, 0.4) is 0 Å². The number of amides is 1. The van der Waals surface area contributed by atoms with Gasteiger partial charge in [0.05, 0.1) is 12.0 Å². The molecule has 0 unspecified atom stereocenters. The minimum absolute atomic E-state index is 0.0867. The molecule has 3 aliphatic rings. The highest BCUT2D eigenvalue weighted by molar-refractivity contribution is 7.07. The summed E-state index contributed by atoms with van der Waals surface area (Å²) in [6.45, 7) is 2.66. The molecule has 21 heavy (non-hydrogen) atoms. The summed E-state index contributed by atoms with van der Waals surface area (Å²) in [7, 11) is 0. The molecule has 5 heteroatoms. The number of carbonyl (C=O) groups excluding carboxylic acids is 1. The highest BCUT2D eigenvalue weighted by atomic mass is 32.1. The summed E-state index contributed by atoms with van der Waals surface area (Å²) in [4.78, 5) is 14.9. The number of likely N-dealkylation sites (tertiary alicyclic amines) is 1. The van der Waals surface area contributed by atoms with E-state index < -0.39 is 0 Å². The maximum Gasteiger partial charge on any atom is 0.224 e. The van der Waals surface area contributed by atoms with E-state index in [-0.39, 0.29) is 17.9 Å². The van der Waals surface area contributed by atoms with Gasteiger partial charge in [0.1, 0.15) is 0 Å². The predicted octanol–water partition coefficient (Wildman–Crippen LogP) is 2.01. The van der Waals surface area contributed by atoms with Crippen LogP contribution < -0.4 is 5.32 Å². The van der Waals surface area contributed by atoms with Gasteiger partial charge in [0.15, 0.2) is 0 Å². The monoisotopic (exact) mass is 306 g/mol. The van der Waals surface area contributed by atoms with Crippen LogP contribution in [0.4, 0.5) is 0 Å². The molecule has 114 valence electrons. The zero-order valence-corrected chi connectivity index (χ0v) is 13.0. The average Bonchev–Trinajstić information content (AvgIpc) is 2.97. The summed E-state index contributed by atoms with van der Waals surface area (Å²) < 4.78 is 5.89. The van der Waals surface area contributed by atoms with Gasteiger partial charge in [0.25, 0.3) is 0 Å². The Morgan fingerprint density at radius 1 is 1.43 bits per heavy atom. The first-order chi connectivity index (χ1) is 10.3. The van der Waals surface area contributed by atoms with Crippen molar-refractivity contribution in [2.75, 3.05) is 13.2 Å². The SMILES string of the molecule is O=C(NC1CC1)[C@H]1C[C@H]2OCC[C@H]2N(Cc2ccsc2)C1. The van der Waals surface area contributed by atoms with E-state index in [2.05, 4.69) is 27.0 Å². The molecule has 3 heterocycles. The number of rotatable bonds is 4. The lowest BCUT2D eigenvalue weighted by Crippen LogP contribution is -2.52. The number of hydrogen-bond acceptors (Lipinski definition) is 4. The van der Waals surface area contributed by atoms with Crippen LogP contribution in [0.5, 0.6) is 0 Å². The van der Waals surface area contributed by atoms with Gasteiger partial charge in [-0.25, -0.2) is 0 Å². The molecule has 1 saturated carbocycles. The normalized spacial score (nSPS) is 32.9. The zero-order chi connectivity index (χ0) is 14.2. The van der Waals surface area contributed by atoms with E-state index in [0.717, 1.165) is 45.4 Å². The first kappa shape index (κ1) is 13.7. The molecule has 1 N–H and O–H groups in total. The van der Waals surface area contributed by atoms with Crippen LogP contribution in [-0.4, -0.2) is 42.1 Å². The summed E-state index contributed by atoms with van der Waals surface area (Å²) in [6, 6.07) is 3.13. The van der Waals surface area contributed by atoms with Crippen LogP contribution >= 0.6 is 11.3 Å². The van der Waals surface area contributed by atoms with Gasteiger partial charge in [-0.2, -0.15) is 11.3 Å². The molecule has 0 aromatic carbocycles. The van der Waals surface area contributed by atoms with Gasteiger partial charge in [0.2, 0.25) is 5.91 Å². The van der Waals surface area contributed by atoms with Gasteiger partial charge in [-0.3, -0.25) is 9.69 Å². The molecule has 3 fully saturated rings. The van der Waals surface area contributed by atoms with E-state index in [1.807, 2.05) is 0 Å². The third kappa shape index (κ3) is 3.00. The molecule has 0 bridgehead atoms. The summed E-state index contributed by atoms with van der Waals surface area (Å²) in [6.07, 6.45) is 4.54. The number of ether oxygens (including phenoxy) is 1. The Labute approximate surface area is 129 Å². The van der Waals surface area contributed by atoms with Gasteiger partial charge < -0.3 is 10.1 Å². The molecule has 3 atom stereocenters. The Bertz CT molecular complexity index is 500. The van der Waals surface area contributed by atoms with E-state index in [4.69, 9.17) is 4.74 Å². The van der Waals surface area contributed by atoms with Gasteiger partial charge in [-0.05, 0) is 48.1 Å². The van der Waals surface area contributed by atoms with Crippen molar-refractivity contribution >= 4 is 17.2 Å². The van der Waals surface area contributed by atoms with E-state index in [0.29, 0.717) is 12.1 Å². The lowest BCUT2D eigenvalue weighted by atomic mass is 9.89. The predicted molar refractivity (Wildman–Crippen MR) is 82.1 cm³/mol. The van der Waals surface area contributed by atoms with Crippen molar-refractivity contribution in [2.24, 2.45) is 5.92 Å². The Morgan fingerprint density at radius 2 is 2.33 bits per heavy atom. The molecule has 4 nitrogen and oxygen atoms in total. The molecule has 4 rings (SSSR count). The number of hydrogen-bond donors (Lipinski definition) is 1. The van der Waals surface area contributed by atoms with Crippen molar-refractivity contribution < 1.29 is 9.53 Å². The lowest BCUT2D eigenvalue weighted by molar-refractivity contribution is -0.129. The standard InChI is InChI=1S/C16H22N2O2S/c19-16(17-13-1-2-13)12-7-15-14(3-5-20-15)18(9-12)8-11-4-6-21-10-11/h4,6,10,12-15H,1-3,5,7-9H2,(H,17,19)/t12-,14+,15+/m0/s1. The smallest absolute Gasteiger partial charge is 0.224 e. The second-order valence-electron chi connectivity index (χ2n) is 6.54. The third-order valence-corrected chi connectivity index (χ3v) is 5.61. The minimum atomic E-state index is 0.0867. The summed E-state index contributed by atoms with van der Waals surface area (Å²) in [5, 5.41) is 7.50. The molecule has 0 radical (unpaired) electrons. The fourth-order valence-electron chi connectivity index (χ4n) is 3.59. The van der Waals surface area contributed by atoms with E-state index in [1.165, 1.54) is 5.56 Å². The first-order valence-corrected chi connectivity index (χ1v) is 8.91. The maximum atomic E-state index is 12.4. The van der Waals surface area contributed by atoms with Gasteiger partial charge in [-0.15, -0.1) is 0 Å². The topological polar surface area (TPSA) is 41.6 Å². The molecule has 0 spiro atoms. The number of nitrogens with zero attached hydrogens (tertiary/aromatic N) is 1. The summed E-state index contributed by atoms with van der Waals surface area (Å²) in [5.41, 5.74) is 1.36. The van der Waals surface area contributed by atoms with Crippen LogP contribution in [0.1, 0.15) is 31.2 Å². The lowest BCUT2D eigenvalue weighted by Gasteiger charge is -2.40. The van der Waals surface area contributed by atoms with Crippen molar-refractivity contribution in [1.82, 2.24) is 10.2 Å². The first-order valence-electron chi connectivity index (χ1n) is 7.96. The van der Waals surface area contributed by atoms with E-state index >= 15 is 0 Å². The Kier molecular flexibility index (Phi) is 3.73. The third-order valence-electron chi connectivity index (χ3n) is 4.88. The maximum absolute atomic E-state index is 12.4. The van der Waals surface area contributed by atoms with Crippen molar-refractivity contribution in [3.63, 3.8) is 0 Å². The summed E-state index contributed by atoms with van der Waals surface area (Å²) >= 11 is 1.74. The largest absolute Gasteiger partial charge is 0.377 e. The van der Waals surface area contributed by atoms with Crippen LogP contribution in [0.15, 0.2) is 16.8 Å². The Hall–Kier alpha value is -0.910. The van der Waals surface area contributed by atoms with Crippen LogP contribution in [0, 0.1) is 5.92 Å². The van der Waals surface area contributed by atoms with Gasteiger partial charge in [-0.1, -0.05) is 0 Å². The van der Waals surface area contributed by atoms with Crippen LogP contribution in [-0.2, 0) is 16.1 Å². The number of thiophene rings is 1. The van der Waals surface area contributed by atoms with E-state index in [9.17, 15) is 4.79 Å². The van der Waals surface area contributed by atoms with Crippen LogP contribution in [0.2, 0.25) is 0 Å². The number of carbonyl (C=O) groups is 1. The molecule has 1 aromatic heterocycles. The van der Waals surface area contributed by atoms with Gasteiger partial charge >= 0.3 is 0 Å². The number of nitrogens with one attached hydrogen (secondary N) is 1. The van der Waals surface area contributed by atoms with Crippen molar-refractivity contribution in [3.8, 4) is 0 Å². The van der Waals surface area contributed by atoms with Gasteiger partial charge in [0, 0.05) is 31.8 Å². The minimum Gasteiger partial charge on any atom is -0.377 e. The molecule has 1 aliphatic carbocycles. The number of fused-ring (bicyclic) bond motifs is 1. The highest BCUT2D eigenvalue weighted by Gasteiger charge is 2.42. The Balaban J connectivity index is 1.46. The highest BCUT2D eigenvalue weighted by Crippen LogP contribution is 2.33. The molecular formula is C16H22N2O2S. The van der Waals surface area contributed by atoms with Crippen molar-refractivity contribution in [3.05, 3.63) is 22.4 Å². The average molecular weight is 306 g/mol. The van der Waals surface area contributed by atoms with Crippen molar-refractivity contribution in [1.29, 1.82) is 0 Å². The molecule has 2 aliphatic heterocycles. The van der Waals surface area contributed by atoms with E-state index in [1.54, 1.807) is 11.3 Å². The zero-order valence-electron chi connectivity index (χ0n) is 12.2. The molecule has 1 aromatic rings. The molecule has 1 amide bonds. The second-order valence-corrected chi connectivity index (χ2v) is 7.32. The van der Waals surface area contributed by atoms with Crippen LogP contribution in [0.25, 0.3) is 0 Å².